The highest BCUT2D eigenvalue weighted by molar-refractivity contribution is 6.33. The van der Waals surface area contributed by atoms with Crippen LogP contribution in [0.15, 0.2) is 66.7 Å². The molecular formula is C27H26N2O3. The van der Waals surface area contributed by atoms with Crippen LogP contribution in [-0.2, 0) is 4.74 Å². The molecule has 0 aliphatic carbocycles. The number of hydrogen-bond donors (Lipinski definition) is 0. The number of benzene rings is 3. The summed E-state index contributed by atoms with van der Waals surface area (Å²) in [6.07, 6.45) is 2.11. The van der Waals surface area contributed by atoms with Crippen LogP contribution in [0.1, 0.15) is 15.9 Å². The maximum atomic E-state index is 13.7. The summed E-state index contributed by atoms with van der Waals surface area (Å²) in [5.74, 6) is 0.946. The minimum absolute atomic E-state index is 0.0742. The Balaban J connectivity index is 1.36. The zero-order chi connectivity index (χ0) is 21.5. The van der Waals surface area contributed by atoms with Crippen molar-refractivity contribution >= 4 is 27.8 Å². The van der Waals surface area contributed by atoms with Crippen molar-refractivity contribution in [2.45, 2.75) is 6.04 Å². The fraction of sp³-hybridized carbons (Fsp3) is 0.296. The SMILES string of the molecule is O=C(C1=CCN2c3c(cccc31)OC[C@H]2CN1CCOCC1)c1cccc2ccccc12. The average molecular weight is 427 g/mol. The van der Waals surface area contributed by atoms with Gasteiger partial charge >= 0.3 is 0 Å². The van der Waals surface area contributed by atoms with Gasteiger partial charge in [-0.3, -0.25) is 9.69 Å². The van der Waals surface area contributed by atoms with E-state index >= 15 is 0 Å². The van der Waals surface area contributed by atoms with Crippen LogP contribution in [0.3, 0.4) is 0 Å². The van der Waals surface area contributed by atoms with Gasteiger partial charge in [0.15, 0.2) is 5.78 Å². The largest absolute Gasteiger partial charge is 0.489 e. The zero-order valence-corrected chi connectivity index (χ0v) is 18.0. The highest BCUT2D eigenvalue weighted by Crippen LogP contribution is 2.44. The molecule has 3 aliphatic rings. The maximum Gasteiger partial charge on any atom is 0.194 e. The smallest absolute Gasteiger partial charge is 0.194 e. The Labute approximate surface area is 187 Å². The predicted octanol–water partition coefficient (Wildman–Crippen LogP) is 4.02. The number of anilines is 1. The Kier molecular flexibility index (Phi) is 4.93. The number of carbonyl (C=O) groups is 1. The van der Waals surface area contributed by atoms with Gasteiger partial charge in [-0.05, 0) is 16.8 Å². The maximum absolute atomic E-state index is 13.7. The van der Waals surface area contributed by atoms with E-state index in [0.717, 1.165) is 71.8 Å². The molecule has 0 unspecified atom stereocenters. The van der Waals surface area contributed by atoms with Crippen LogP contribution in [0.5, 0.6) is 5.75 Å². The summed E-state index contributed by atoms with van der Waals surface area (Å²) in [5.41, 5.74) is 3.55. The van der Waals surface area contributed by atoms with Crippen molar-refractivity contribution in [3.05, 3.63) is 77.9 Å². The lowest BCUT2D eigenvalue weighted by Gasteiger charge is -2.43. The number of fused-ring (bicyclic) bond motifs is 1. The van der Waals surface area contributed by atoms with E-state index in [9.17, 15) is 4.79 Å². The molecule has 0 aromatic heterocycles. The van der Waals surface area contributed by atoms with Crippen LogP contribution in [0.25, 0.3) is 16.3 Å². The molecule has 0 N–H and O–H groups in total. The molecule has 3 heterocycles. The highest BCUT2D eigenvalue weighted by atomic mass is 16.5. The highest BCUT2D eigenvalue weighted by Gasteiger charge is 2.35. The fourth-order valence-electron chi connectivity index (χ4n) is 5.17. The second-order valence-electron chi connectivity index (χ2n) is 8.66. The van der Waals surface area contributed by atoms with Crippen LogP contribution in [-0.4, -0.2) is 62.7 Å². The quantitative estimate of drug-likeness (QED) is 0.590. The van der Waals surface area contributed by atoms with Gasteiger partial charge < -0.3 is 14.4 Å². The summed E-state index contributed by atoms with van der Waals surface area (Å²) < 4.78 is 11.7. The Bertz CT molecular complexity index is 1210. The first-order chi connectivity index (χ1) is 15.8. The third kappa shape index (κ3) is 3.29. The van der Waals surface area contributed by atoms with Gasteiger partial charge in [-0.25, -0.2) is 0 Å². The molecule has 3 aliphatic heterocycles. The number of ether oxygens (including phenoxy) is 2. The first kappa shape index (κ1) is 19.5. The van der Waals surface area contributed by atoms with Crippen LogP contribution in [0.2, 0.25) is 0 Å². The number of carbonyl (C=O) groups excluding carboxylic acids is 1. The van der Waals surface area contributed by atoms with Crippen molar-refractivity contribution in [1.82, 2.24) is 4.90 Å². The number of rotatable bonds is 4. The van der Waals surface area contributed by atoms with E-state index in [-0.39, 0.29) is 11.8 Å². The van der Waals surface area contributed by atoms with E-state index in [1.54, 1.807) is 0 Å². The second-order valence-corrected chi connectivity index (χ2v) is 8.66. The molecule has 0 bridgehead atoms. The summed E-state index contributed by atoms with van der Waals surface area (Å²) in [6.45, 7) is 5.82. The van der Waals surface area contributed by atoms with Crippen LogP contribution in [0.4, 0.5) is 5.69 Å². The molecule has 0 amide bonds. The summed E-state index contributed by atoms with van der Waals surface area (Å²) in [6, 6.07) is 20.4. The van der Waals surface area contributed by atoms with Gasteiger partial charge in [0.25, 0.3) is 0 Å². The van der Waals surface area contributed by atoms with Gasteiger partial charge in [0.1, 0.15) is 12.4 Å². The lowest BCUT2D eigenvalue weighted by atomic mass is 9.89. The normalized spacial score (nSPS) is 20.4. The Morgan fingerprint density at radius 2 is 1.78 bits per heavy atom. The van der Waals surface area contributed by atoms with E-state index in [1.807, 2.05) is 42.5 Å². The van der Waals surface area contributed by atoms with Gasteiger partial charge in [-0.1, -0.05) is 60.7 Å². The molecule has 1 fully saturated rings. The second kappa shape index (κ2) is 8.08. The van der Waals surface area contributed by atoms with Gasteiger partial charge in [0.05, 0.1) is 24.9 Å². The molecule has 0 radical (unpaired) electrons. The molecule has 162 valence electrons. The van der Waals surface area contributed by atoms with Gasteiger partial charge in [0, 0.05) is 42.9 Å². The monoisotopic (exact) mass is 426 g/mol. The number of hydrogen-bond acceptors (Lipinski definition) is 5. The zero-order valence-electron chi connectivity index (χ0n) is 18.0. The lowest BCUT2D eigenvalue weighted by molar-refractivity contribution is 0.0319. The van der Waals surface area contributed by atoms with Gasteiger partial charge in [-0.15, -0.1) is 0 Å². The molecule has 32 heavy (non-hydrogen) atoms. The predicted molar refractivity (Wildman–Crippen MR) is 127 cm³/mol. The molecule has 0 saturated carbocycles. The van der Waals surface area contributed by atoms with Crippen molar-refractivity contribution in [1.29, 1.82) is 0 Å². The van der Waals surface area contributed by atoms with Crippen molar-refractivity contribution in [3.8, 4) is 5.75 Å². The third-order valence-electron chi connectivity index (χ3n) is 6.79. The van der Waals surface area contributed by atoms with E-state index in [4.69, 9.17) is 9.47 Å². The number of morpholine rings is 1. The van der Waals surface area contributed by atoms with Crippen LogP contribution >= 0.6 is 0 Å². The Morgan fingerprint density at radius 3 is 2.69 bits per heavy atom. The first-order valence-electron chi connectivity index (χ1n) is 11.3. The molecule has 3 aromatic carbocycles. The van der Waals surface area contributed by atoms with E-state index in [1.165, 1.54) is 0 Å². The number of ketones is 1. The first-order valence-corrected chi connectivity index (χ1v) is 11.3. The molecular weight excluding hydrogens is 400 g/mol. The number of para-hydroxylation sites is 1. The standard InChI is InChI=1S/C27H26N2O3/c30-27(23-9-3-6-19-5-1-2-7-21(19)23)24-11-12-29-20(17-28-13-15-31-16-14-28)18-32-25-10-4-8-22(24)26(25)29/h1-11,20H,12-18H2/t20-/m1/s1. The molecule has 0 spiro atoms. The summed E-state index contributed by atoms with van der Waals surface area (Å²) in [4.78, 5) is 18.6. The minimum atomic E-state index is 0.0742. The Morgan fingerprint density at radius 1 is 0.969 bits per heavy atom. The average Bonchev–Trinajstić information content (AvgIpc) is 2.86. The topological polar surface area (TPSA) is 42.0 Å². The lowest BCUT2D eigenvalue weighted by Crippen LogP contribution is -2.52. The van der Waals surface area contributed by atoms with Crippen LogP contribution < -0.4 is 9.64 Å². The van der Waals surface area contributed by atoms with Crippen molar-refractivity contribution in [3.63, 3.8) is 0 Å². The molecule has 6 rings (SSSR count). The van der Waals surface area contributed by atoms with Gasteiger partial charge in [-0.2, -0.15) is 0 Å². The summed E-state index contributed by atoms with van der Waals surface area (Å²) >= 11 is 0. The third-order valence-corrected chi connectivity index (χ3v) is 6.79. The van der Waals surface area contributed by atoms with Crippen LogP contribution in [0, 0.1) is 0 Å². The molecule has 1 atom stereocenters. The molecule has 5 nitrogen and oxygen atoms in total. The summed E-state index contributed by atoms with van der Waals surface area (Å²) in [5, 5.41) is 2.08. The Hall–Kier alpha value is -3.15. The van der Waals surface area contributed by atoms with Crippen molar-refractivity contribution in [2.75, 3.05) is 50.9 Å². The van der Waals surface area contributed by atoms with Crippen molar-refractivity contribution in [2.24, 2.45) is 0 Å². The number of allylic oxidation sites excluding steroid dienone is 1. The molecule has 5 heteroatoms. The van der Waals surface area contributed by atoms with E-state index < -0.39 is 0 Å². The number of nitrogens with zero attached hydrogens (tertiary/aromatic N) is 2. The minimum Gasteiger partial charge on any atom is -0.489 e. The van der Waals surface area contributed by atoms with Crippen molar-refractivity contribution < 1.29 is 14.3 Å². The molecule has 1 saturated heterocycles. The summed E-state index contributed by atoms with van der Waals surface area (Å²) in [7, 11) is 0. The molecule has 3 aromatic rings. The van der Waals surface area contributed by atoms with E-state index in [0.29, 0.717) is 13.2 Å². The van der Waals surface area contributed by atoms with Gasteiger partial charge in [0.2, 0.25) is 0 Å². The number of Topliss-reactive ketones (excluding diaryl/α,β-unsaturated/α-hetero) is 1. The fourth-order valence-corrected chi connectivity index (χ4v) is 5.17. The van der Waals surface area contributed by atoms with E-state index in [2.05, 4.69) is 34.1 Å².